The molecule has 2 aromatic carbocycles. The molecule has 164 valence electrons. The molecule has 2 heterocycles. The lowest BCUT2D eigenvalue weighted by Gasteiger charge is -2.10. The minimum atomic E-state index is -0.199. The Bertz CT molecular complexity index is 1370. The standard InChI is InChI=1S/C25H21N5O2S/c1-16(2)9-10-22(31)27-19-7-4-8-20(14-19)32-24-23-21(11-12-33-23)29-25(30-24)28-18-6-3-5-17(13-18)15-26/h3-14,16H,1-2H3,(H,27,31)(H,28,29,30)/b10-9+. The van der Waals surface area contributed by atoms with Crippen LogP contribution in [-0.2, 0) is 4.79 Å². The van der Waals surface area contributed by atoms with Crippen LogP contribution in [-0.4, -0.2) is 15.9 Å². The Labute approximate surface area is 195 Å². The number of hydrogen-bond acceptors (Lipinski definition) is 7. The molecule has 0 aliphatic rings. The first-order valence-electron chi connectivity index (χ1n) is 10.3. The lowest BCUT2D eigenvalue weighted by molar-refractivity contribution is -0.111. The number of allylic oxidation sites excluding steroid dienone is 1. The molecule has 0 aliphatic heterocycles. The van der Waals surface area contributed by atoms with Gasteiger partial charge in [0.25, 0.3) is 0 Å². The molecular formula is C25H21N5O2S. The monoisotopic (exact) mass is 455 g/mol. The van der Waals surface area contributed by atoms with Crippen LogP contribution in [0, 0.1) is 17.2 Å². The van der Waals surface area contributed by atoms with Gasteiger partial charge in [-0.2, -0.15) is 10.2 Å². The molecular weight excluding hydrogens is 434 g/mol. The molecule has 2 N–H and O–H groups in total. The van der Waals surface area contributed by atoms with Crippen LogP contribution in [0.25, 0.3) is 10.2 Å². The van der Waals surface area contributed by atoms with Crippen molar-refractivity contribution in [1.82, 2.24) is 9.97 Å². The SMILES string of the molecule is CC(C)/C=C/C(=O)Nc1cccc(Oc2nc(Nc3cccc(C#N)c3)nc3ccsc23)c1. The second kappa shape index (κ2) is 9.94. The van der Waals surface area contributed by atoms with E-state index in [2.05, 4.69) is 26.7 Å². The average Bonchev–Trinajstić information content (AvgIpc) is 3.27. The highest BCUT2D eigenvalue weighted by molar-refractivity contribution is 7.17. The number of hydrogen-bond donors (Lipinski definition) is 2. The highest BCUT2D eigenvalue weighted by Gasteiger charge is 2.12. The number of fused-ring (bicyclic) bond motifs is 1. The van der Waals surface area contributed by atoms with Crippen LogP contribution in [0.15, 0.2) is 72.1 Å². The third-order valence-electron chi connectivity index (χ3n) is 4.47. The zero-order valence-electron chi connectivity index (χ0n) is 18.1. The fourth-order valence-electron chi connectivity index (χ4n) is 2.97. The highest BCUT2D eigenvalue weighted by Crippen LogP contribution is 2.33. The Morgan fingerprint density at radius 2 is 1.94 bits per heavy atom. The van der Waals surface area contributed by atoms with Gasteiger partial charge in [-0.15, -0.1) is 11.3 Å². The highest BCUT2D eigenvalue weighted by atomic mass is 32.1. The molecule has 0 bridgehead atoms. The number of nitrogens with one attached hydrogen (secondary N) is 2. The number of thiophene rings is 1. The summed E-state index contributed by atoms with van der Waals surface area (Å²) in [6, 6.07) is 18.2. The van der Waals surface area contributed by atoms with Crippen LogP contribution < -0.4 is 15.4 Å². The van der Waals surface area contributed by atoms with Crippen molar-refractivity contribution < 1.29 is 9.53 Å². The summed E-state index contributed by atoms with van der Waals surface area (Å²) in [5, 5.41) is 17.0. The molecule has 0 atom stereocenters. The van der Waals surface area contributed by atoms with Crippen LogP contribution in [0.2, 0.25) is 0 Å². The van der Waals surface area contributed by atoms with Crippen molar-refractivity contribution in [2.24, 2.45) is 5.92 Å². The second-order valence-electron chi connectivity index (χ2n) is 7.53. The van der Waals surface area contributed by atoms with Crippen molar-refractivity contribution in [2.75, 3.05) is 10.6 Å². The zero-order valence-corrected chi connectivity index (χ0v) is 18.9. The van der Waals surface area contributed by atoms with Gasteiger partial charge in [0.05, 0.1) is 17.1 Å². The van der Waals surface area contributed by atoms with Gasteiger partial charge in [-0.05, 0) is 53.8 Å². The smallest absolute Gasteiger partial charge is 0.248 e. The van der Waals surface area contributed by atoms with Crippen molar-refractivity contribution >= 4 is 44.8 Å². The summed E-state index contributed by atoms with van der Waals surface area (Å²) in [6.07, 6.45) is 3.36. The number of aromatic nitrogens is 2. The molecule has 4 aromatic rings. The first kappa shape index (κ1) is 22.0. The second-order valence-corrected chi connectivity index (χ2v) is 8.44. The third kappa shape index (κ3) is 5.73. The fraction of sp³-hybridized carbons (Fsp3) is 0.120. The molecule has 33 heavy (non-hydrogen) atoms. The van der Waals surface area contributed by atoms with Gasteiger partial charge >= 0.3 is 0 Å². The first-order chi connectivity index (χ1) is 16.0. The van der Waals surface area contributed by atoms with E-state index in [1.807, 2.05) is 37.4 Å². The Morgan fingerprint density at radius 3 is 2.76 bits per heavy atom. The summed E-state index contributed by atoms with van der Waals surface area (Å²) in [4.78, 5) is 21.2. The van der Waals surface area contributed by atoms with Crippen LogP contribution in [0.4, 0.5) is 17.3 Å². The lowest BCUT2D eigenvalue weighted by atomic mass is 10.2. The van der Waals surface area contributed by atoms with E-state index < -0.39 is 0 Å². The van der Waals surface area contributed by atoms with Gasteiger partial charge < -0.3 is 15.4 Å². The van der Waals surface area contributed by atoms with Crippen molar-refractivity contribution in [3.63, 3.8) is 0 Å². The average molecular weight is 456 g/mol. The molecule has 4 rings (SSSR count). The molecule has 0 fully saturated rings. The number of nitrogens with zero attached hydrogens (tertiary/aromatic N) is 3. The summed E-state index contributed by atoms with van der Waals surface area (Å²) in [5.41, 5.74) is 2.60. The van der Waals surface area contributed by atoms with Crippen LogP contribution in [0.3, 0.4) is 0 Å². The molecule has 8 heteroatoms. The van der Waals surface area contributed by atoms with Gasteiger partial charge in [0.2, 0.25) is 17.7 Å². The molecule has 0 saturated heterocycles. The maximum absolute atomic E-state index is 12.1. The van der Waals surface area contributed by atoms with Gasteiger partial charge in [0, 0.05) is 17.4 Å². The normalized spacial score (nSPS) is 11.0. The van der Waals surface area contributed by atoms with Crippen molar-refractivity contribution in [1.29, 1.82) is 5.26 Å². The van der Waals surface area contributed by atoms with Crippen LogP contribution in [0.5, 0.6) is 11.6 Å². The fourth-order valence-corrected chi connectivity index (χ4v) is 3.73. The molecule has 0 saturated carbocycles. The van der Waals surface area contributed by atoms with Gasteiger partial charge in [-0.3, -0.25) is 4.79 Å². The van der Waals surface area contributed by atoms with Crippen LogP contribution >= 0.6 is 11.3 Å². The van der Waals surface area contributed by atoms with E-state index in [0.29, 0.717) is 40.4 Å². The van der Waals surface area contributed by atoms with Crippen LogP contribution in [0.1, 0.15) is 19.4 Å². The van der Waals surface area contributed by atoms with E-state index in [0.717, 1.165) is 10.2 Å². The number of anilines is 3. The number of benzene rings is 2. The summed E-state index contributed by atoms with van der Waals surface area (Å²) >= 11 is 1.48. The van der Waals surface area contributed by atoms with E-state index in [9.17, 15) is 4.79 Å². The summed E-state index contributed by atoms with van der Waals surface area (Å²) in [6.45, 7) is 4.02. The maximum atomic E-state index is 12.1. The zero-order chi connectivity index (χ0) is 23.2. The Morgan fingerprint density at radius 1 is 1.12 bits per heavy atom. The van der Waals surface area contributed by atoms with E-state index in [1.54, 1.807) is 42.5 Å². The minimum Gasteiger partial charge on any atom is -0.437 e. The largest absolute Gasteiger partial charge is 0.437 e. The topological polar surface area (TPSA) is 99.9 Å². The number of rotatable bonds is 7. The summed E-state index contributed by atoms with van der Waals surface area (Å²) in [7, 11) is 0. The van der Waals surface area contributed by atoms with Gasteiger partial charge in [-0.1, -0.05) is 32.1 Å². The Hall–Kier alpha value is -4.22. The third-order valence-corrected chi connectivity index (χ3v) is 5.36. The Kier molecular flexibility index (Phi) is 6.62. The number of ether oxygens (including phenoxy) is 1. The first-order valence-corrected chi connectivity index (χ1v) is 11.2. The molecule has 2 aromatic heterocycles. The molecule has 0 unspecified atom stereocenters. The van der Waals surface area contributed by atoms with Crippen molar-refractivity contribution in [3.05, 3.63) is 77.7 Å². The summed E-state index contributed by atoms with van der Waals surface area (Å²) < 4.78 is 6.90. The minimum absolute atomic E-state index is 0.199. The van der Waals surface area contributed by atoms with Crippen molar-refractivity contribution in [2.45, 2.75) is 13.8 Å². The van der Waals surface area contributed by atoms with Gasteiger partial charge in [-0.25, -0.2) is 4.98 Å². The van der Waals surface area contributed by atoms with Crippen molar-refractivity contribution in [3.8, 4) is 17.7 Å². The number of carbonyl (C=O) groups is 1. The number of carbonyl (C=O) groups excluding carboxylic acids is 1. The summed E-state index contributed by atoms with van der Waals surface area (Å²) in [5.74, 6) is 1.38. The Balaban J connectivity index is 1.58. The molecule has 1 amide bonds. The van der Waals surface area contributed by atoms with E-state index in [1.165, 1.54) is 17.4 Å². The van der Waals surface area contributed by atoms with E-state index in [4.69, 9.17) is 10.00 Å². The van der Waals surface area contributed by atoms with E-state index in [-0.39, 0.29) is 5.91 Å². The van der Waals surface area contributed by atoms with Gasteiger partial charge in [0.15, 0.2) is 0 Å². The molecule has 0 spiro atoms. The molecule has 7 nitrogen and oxygen atoms in total. The molecule has 0 radical (unpaired) electrons. The van der Waals surface area contributed by atoms with Gasteiger partial charge in [0.1, 0.15) is 10.4 Å². The predicted molar refractivity (Wildman–Crippen MR) is 131 cm³/mol. The predicted octanol–water partition coefficient (Wildman–Crippen LogP) is 6.25. The van der Waals surface area contributed by atoms with E-state index >= 15 is 0 Å². The lowest BCUT2D eigenvalue weighted by Crippen LogP contribution is -2.08. The maximum Gasteiger partial charge on any atom is 0.248 e. The molecule has 0 aliphatic carbocycles. The number of amides is 1. The number of nitriles is 1. The quantitative estimate of drug-likeness (QED) is 0.320.